The number of hydrogen-bond donors (Lipinski definition) is 0. The van der Waals surface area contributed by atoms with Crippen LogP contribution in [0.25, 0.3) is 5.69 Å². The van der Waals surface area contributed by atoms with Crippen LogP contribution in [-0.2, 0) is 12.4 Å². The van der Waals surface area contributed by atoms with E-state index in [9.17, 15) is 26.3 Å². The molecule has 9 heteroatoms. The van der Waals surface area contributed by atoms with Crippen LogP contribution >= 0.6 is 15.9 Å². The van der Waals surface area contributed by atoms with E-state index < -0.39 is 23.5 Å². The fourth-order valence-corrected chi connectivity index (χ4v) is 1.80. The third kappa shape index (κ3) is 3.14. The summed E-state index contributed by atoms with van der Waals surface area (Å²) in [6.45, 7) is 0. The highest BCUT2D eigenvalue weighted by atomic mass is 79.9. The molecular weight excluding hydrogens is 354 g/mol. The largest absolute Gasteiger partial charge is 0.416 e. The highest BCUT2D eigenvalue weighted by Crippen LogP contribution is 2.37. The molecule has 0 fully saturated rings. The average molecular weight is 359 g/mol. The molecule has 0 unspecified atom stereocenters. The zero-order valence-electron chi connectivity index (χ0n) is 9.43. The third-order valence-electron chi connectivity index (χ3n) is 2.39. The van der Waals surface area contributed by atoms with E-state index in [0.717, 1.165) is 4.68 Å². The van der Waals surface area contributed by atoms with Gasteiger partial charge in [0.05, 0.1) is 27.5 Å². The number of halogens is 7. The predicted octanol–water partition coefficient (Wildman–Crippen LogP) is 4.67. The Morgan fingerprint density at radius 1 is 0.900 bits per heavy atom. The Hall–Kier alpha value is -1.51. The lowest BCUT2D eigenvalue weighted by molar-refractivity contribution is -0.143. The minimum atomic E-state index is -4.87. The Labute approximate surface area is 117 Å². The Balaban J connectivity index is 2.63. The van der Waals surface area contributed by atoms with Gasteiger partial charge >= 0.3 is 12.4 Å². The van der Waals surface area contributed by atoms with E-state index in [4.69, 9.17) is 0 Å². The fraction of sp³-hybridized carbons (Fsp3) is 0.182. The molecule has 0 saturated carbocycles. The zero-order valence-corrected chi connectivity index (χ0v) is 11.0. The van der Waals surface area contributed by atoms with Gasteiger partial charge in [0.2, 0.25) is 0 Å². The average Bonchev–Trinajstić information content (AvgIpc) is 2.73. The van der Waals surface area contributed by atoms with Crippen molar-refractivity contribution in [3.8, 4) is 5.69 Å². The summed E-state index contributed by atoms with van der Waals surface area (Å²) in [5.74, 6) is 0. The minimum Gasteiger partial charge on any atom is -0.240 e. The van der Waals surface area contributed by atoms with Gasteiger partial charge in [0.15, 0.2) is 0 Å². The van der Waals surface area contributed by atoms with Gasteiger partial charge in [-0.25, -0.2) is 4.68 Å². The van der Waals surface area contributed by atoms with E-state index in [1.54, 1.807) is 0 Å². The van der Waals surface area contributed by atoms with Gasteiger partial charge in [-0.15, -0.1) is 0 Å². The SMILES string of the molecule is FC(F)(F)c1cc(-n2cc(Br)cn2)cc(C(F)(F)F)c1. The molecule has 1 aromatic carbocycles. The topological polar surface area (TPSA) is 17.8 Å². The van der Waals surface area contributed by atoms with Gasteiger partial charge in [0.1, 0.15) is 0 Å². The Morgan fingerprint density at radius 3 is 1.75 bits per heavy atom. The quantitative estimate of drug-likeness (QED) is 0.677. The van der Waals surface area contributed by atoms with Gasteiger partial charge < -0.3 is 0 Å². The Bertz CT molecular complexity index is 596. The van der Waals surface area contributed by atoms with Gasteiger partial charge in [0.25, 0.3) is 0 Å². The normalized spacial score (nSPS) is 12.8. The van der Waals surface area contributed by atoms with Crippen LogP contribution < -0.4 is 0 Å². The van der Waals surface area contributed by atoms with Crippen molar-refractivity contribution in [2.45, 2.75) is 12.4 Å². The van der Waals surface area contributed by atoms with Gasteiger partial charge in [0, 0.05) is 6.20 Å². The first-order valence-electron chi connectivity index (χ1n) is 5.07. The summed E-state index contributed by atoms with van der Waals surface area (Å²) in [4.78, 5) is 0. The standard InChI is InChI=1S/C11H5BrF6N2/c12-8-4-19-20(5-8)9-2-6(10(13,14)15)1-7(3-9)11(16,17)18/h1-5H. The molecule has 0 atom stereocenters. The second-order valence-electron chi connectivity index (χ2n) is 3.87. The molecule has 0 aliphatic carbocycles. The van der Waals surface area contributed by atoms with Crippen LogP contribution in [0.2, 0.25) is 0 Å². The molecule has 108 valence electrons. The highest BCUT2D eigenvalue weighted by molar-refractivity contribution is 9.10. The summed E-state index contributed by atoms with van der Waals surface area (Å²) in [5, 5.41) is 3.67. The lowest BCUT2D eigenvalue weighted by Crippen LogP contribution is -2.12. The molecule has 1 aromatic heterocycles. The first-order valence-corrected chi connectivity index (χ1v) is 5.87. The third-order valence-corrected chi connectivity index (χ3v) is 2.80. The molecule has 0 spiro atoms. The van der Waals surface area contributed by atoms with Gasteiger partial charge in [-0.1, -0.05) is 0 Å². The fourth-order valence-electron chi connectivity index (χ4n) is 1.51. The Morgan fingerprint density at radius 2 is 1.40 bits per heavy atom. The monoisotopic (exact) mass is 358 g/mol. The van der Waals surface area contributed by atoms with E-state index in [1.165, 1.54) is 12.4 Å². The van der Waals surface area contributed by atoms with Crippen molar-refractivity contribution in [1.82, 2.24) is 9.78 Å². The first-order chi connectivity index (χ1) is 9.07. The van der Waals surface area contributed by atoms with E-state index in [1.807, 2.05) is 0 Å². The predicted molar refractivity (Wildman–Crippen MR) is 61.3 cm³/mol. The number of aromatic nitrogens is 2. The van der Waals surface area contributed by atoms with Crippen molar-refractivity contribution in [2.75, 3.05) is 0 Å². The molecule has 0 N–H and O–H groups in total. The second kappa shape index (κ2) is 4.80. The molecule has 0 aliphatic heterocycles. The molecule has 0 radical (unpaired) electrons. The van der Waals surface area contributed by atoms with Crippen molar-refractivity contribution in [2.24, 2.45) is 0 Å². The summed E-state index contributed by atoms with van der Waals surface area (Å²) in [6, 6.07) is 1.28. The van der Waals surface area contributed by atoms with Crippen LogP contribution in [0.1, 0.15) is 11.1 Å². The second-order valence-corrected chi connectivity index (χ2v) is 4.78. The van der Waals surface area contributed by atoms with Crippen LogP contribution in [0.4, 0.5) is 26.3 Å². The molecule has 2 nitrogen and oxygen atoms in total. The van der Waals surface area contributed by atoms with Crippen molar-refractivity contribution in [3.63, 3.8) is 0 Å². The van der Waals surface area contributed by atoms with Crippen molar-refractivity contribution in [1.29, 1.82) is 0 Å². The van der Waals surface area contributed by atoms with Crippen molar-refractivity contribution in [3.05, 3.63) is 46.2 Å². The molecule has 20 heavy (non-hydrogen) atoms. The maximum absolute atomic E-state index is 12.7. The molecule has 0 aliphatic rings. The Kier molecular flexibility index (Phi) is 3.57. The van der Waals surface area contributed by atoms with Crippen LogP contribution in [0.15, 0.2) is 35.1 Å². The number of benzene rings is 1. The van der Waals surface area contributed by atoms with Gasteiger partial charge in [-0.05, 0) is 34.1 Å². The van der Waals surface area contributed by atoms with Crippen LogP contribution in [0.3, 0.4) is 0 Å². The maximum atomic E-state index is 12.7. The van der Waals surface area contributed by atoms with Crippen molar-refractivity contribution >= 4 is 15.9 Å². The highest BCUT2D eigenvalue weighted by Gasteiger charge is 2.37. The molecular formula is C11H5BrF6N2. The number of rotatable bonds is 1. The summed E-state index contributed by atoms with van der Waals surface area (Å²) in [5.41, 5.74) is -3.08. The van der Waals surface area contributed by atoms with E-state index in [0.29, 0.717) is 16.6 Å². The summed E-state index contributed by atoms with van der Waals surface area (Å²) >= 11 is 3.02. The van der Waals surface area contributed by atoms with E-state index in [2.05, 4.69) is 21.0 Å². The smallest absolute Gasteiger partial charge is 0.240 e. The summed E-state index contributed by atoms with van der Waals surface area (Å²) in [6.07, 6.45) is -7.23. The van der Waals surface area contributed by atoms with E-state index >= 15 is 0 Å². The number of alkyl halides is 6. The zero-order chi connectivity index (χ0) is 15.1. The summed E-state index contributed by atoms with van der Waals surface area (Å²) in [7, 11) is 0. The van der Waals surface area contributed by atoms with Gasteiger partial charge in [-0.2, -0.15) is 31.4 Å². The molecule has 2 aromatic rings. The summed E-state index contributed by atoms with van der Waals surface area (Å²) < 4.78 is 77.3. The van der Waals surface area contributed by atoms with Crippen LogP contribution in [0, 0.1) is 0 Å². The molecule has 2 rings (SSSR count). The van der Waals surface area contributed by atoms with Gasteiger partial charge in [-0.3, -0.25) is 0 Å². The number of nitrogens with zero attached hydrogens (tertiary/aromatic N) is 2. The maximum Gasteiger partial charge on any atom is 0.416 e. The van der Waals surface area contributed by atoms with Crippen molar-refractivity contribution < 1.29 is 26.3 Å². The molecule has 0 bridgehead atoms. The molecule has 0 saturated heterocycles. The molecule has 0 amide bonds. The first kappa shape index (κ1) is 14.9. The minimum absolute atomic E-state index is 0.0715. The lowest BCUT2D eigenvalue weighted by Gasteiger charge is -2.14. The number of hydrogen-bond acceptors (Lipinski definition) is 1. The van der Waals surface area contributed by atoms with Crippen LogP contribution in [0.5, 0.6) is 0 Å². The lowest BCUT2D eigenvalue weighted by atomic mass is 10.1. The van der Waals surface area contributed by atoms with Crippen LogP contribution in [-0.4, -0.2) is 9.78 Å². The van der Waals surface area contributed by atoms with E-state index in [-0.39, 0.29) is 11.8 Å². The molecule has 1 heterocycles.